The molecule has 0 saturated carbocycles. The number of aliphatic hydroxyl groups excluding tert-OH is 1. The van der Waals surface area contributed by atoms with Gasteiger partial charge < -0.3 is 15.2 Å². The maximum Gasteiger partial charge on any atom is 0.236 e. The molecule has 162 valence electrons. The molecular formula is C19H26N6O4S. The van der Waals surface area contributed by atoms with Crippen LogP contribution in [0.5, 0.6) is 5.75 Å². The Morgan fingerprint density at radius 3 is 2.63 bits per heavy atom. The SMILES string of the molecule is COc1ccc2cnn(C)c2c1-c1c(NS(=O)(=O)C2CCNCC2)nn(C)c1CO. The Bertz CT molecular complexity index is 1180. The second-order valence-electron chi connectivity index (χ2n) is 7.40. The van der Waals surface area contributed by atoms with E-state index in [1.165, 1.54) is 4.68 Å². The Morgan fingerprint density at radius 2 is 1.97 bits per heavy atom. The summed E-state index contributed by atoms with van der Waals surface area (Å²) in [6.07, 6.45) is 2.79. The molecule has 4 rings (SSSR count). The van der Waals surface area contributed by atoms with Gasteiger partial charge in [0.25, 0.3) is 0 Å². The Kier molecular flexibility index (Phi) is 5.43. The smallest absolute Gasteiger partial charge is 0.236 e. The first-order valence-electron chi connectivity index (χ1n) is 9.75. The molecule has 3 N–H and O–H groups in total. The van der Waals surface area contributed by atoms with Gasteiger partial charge in [0, 0.05) is 19.5 Å². The van der Waals surface area contributed by atoms with Crippen molar-refractivity contribution in [3.05, 3.63) is 24.0 Å². The molecule has 0 amide bonds. The van der Waals surface area contributed by atoms with Gasteiger partial charge in [-0.3, -0.25) is 14.1 Å². The molecule has 11 heteroatoms. The van der Waals surface area contributed by atoms with Gasteiger partial charge in [-0.1, -0.05) is 0 Å². The lowest BCUT2D eigenvalue weighted by atomic mass is 10.0. The van der Waals surface area contributed by atoms with Gasteiger partial charge in [-0.2, -0.15) is 10.2 Å². The summed E-state index contributed by atoms with van der Waals surface area (Å²) >= 11 is 0. The first-order valence-corrected chi connectivity index (χ1v) is 11.3. The van der Waals surface area contributed by atoms with Crippen LogP contribution >= 0.6 is 0 Å². The minimum Gasteiger partial charge on any atom is -0.496 e. The molecule has 3 aromatic rings. The fourth-order valence-corrected chi connectivity index (χ4v) is 5.49. The number of hydrogen-bond donors (Lipinski definition) is 3. The second kappa shape index (κ2) is 7.89. The summed E-state index contributed by atoms with van der Waals surface area (Å²) in [5.74, 6) is 0.711. The number of ether oxygens (including phenoxy) is 1. The molecule has 0 unspecified atom stereocenters. The number of hydrogen-bond acceptors (Lipinski definition) is 7. The number of anilines is 1. The van der Waals surface area contributed by atoms with E-state index in [9.17, 15) is 13.5 Å². The average Bonchev–Trinajstić information content (AvgIpc) is 3.26. The topological polar surface area (TPSA) is 123 Å². The molecule has 1 aliphatic rings. The van der Waals surface area contributed by atoms with E-state index in [2.05, 4.69) is 20.2 Å². The van der Waals surface area contributed by atoms with Crippen LogP contribution in [0.25, 0.3) is 22.0 Å². The predicted octanol–water partition coefficient (Wildman–Crippen LogP) is 0.968. The molecule has 3 heterocycles. The fourth-order valence-electron chi connectivity index (χ4n) is 4.06. The molecule has 10 nitrogen and oxygen atoms in total. The number of aliphatic hydroxyl groups is 1. The lowest BCUT2D eigenvalue weighted by molar-refractivity contribution is 0.271. The number of methoxy groups -OCH3 is 1. The Hall–Kier alpha value is -2.63. The van der Waals surface area contributed by atoms with Crippen LogP contribution in [0.3, 0.4) is 0 Å². The Morgan fingerprint density at radius 1 is 1.23 bits per heavy atom. The molecule has 0 atom stereocenters. The maximum atomic E-state index is 13.1. The molecule has 0 aliphatic carbocycles. The number of piperidine rings is 1. The molecule has 1 saturated heterocycles. The molecular weight excluding hydrogens is 408 g/mol. The zero-order valence-electron chi connectivity index (χ0n) is 17.2. The van der Waals surface area contributed by atoms with Gasteiger partial charge >= 0.3 is 0 Å². The van der Waals surface area contributed by atoms with E-state index in [0.29, 0.717) is 48.5 Å². The number of fused-ring (bicyclic) bond motifs is 1. The van der Waals surface area contributed by atoms with Crippen molar-refractivity contribution in [1.29, 1.82) is 0 Å². The number of benzene rings is 1. The van der Waals surface area contributed by atoms with Crippen molar-refractivity contribution in [3.8, 4) is 16.9 Å². The van der Waals surface area contributed by atoms with E-state index in [-0.39, 0.29) is 12.4 Å². The van der Waals surface area contributed by atoms with Crippen LogP contribution in [0.1, 0.15) is 18.5 Å². The number of rotatable bonds is 6. The highest BCUT2D eigenvalue weighted by Gasteiger charge is 2.31. The molecule has 2 aromatic heterocycles. The van der Waals surface area contributed by atoms with Gasteiger partial charge in [0.1, 0.15) is 5.75 Å². The lowest BCUT2D eigenvalue weighted by Gasteiger charge is -2.23. The van der Waals surface area contributed by atoms with Gasteiger partial charge in [-0.05, 0) is 38.1 Å². The average molecular weight is 435 g/mol. The summed E-state index contributed by atoms with van der Waals surface area (Å²) in [6.45, 7) is 1.00. The van der Waals surface area contributed by atoms with Crippen LogP contribution in [0.4, 0.5) is 5.82 Å². The predicted molar refractivity (Wildman–Crippen MR) is 114 cm³/mol. The minimum absolute atomic E-state index is 0.173. The third kappa shape index (κ3) is 3.42. The van der Waals surface area contributed by atoms with E-state index in [1.54, 1.807) is 38.2 Å². The van der Waals surface area contributed by atoms with Crippen molar-refractivity contribution in [3.63, 3.8) is 0 Å². The van der Waals surface area contributed by atoms with Crippen molar-refractivity contribution in [2.75, 3.05) is 24.9 Å². The Labute approximate surface area is 174 Å². The summed E-state index contributed by atoms with van der Waals surface area (Å²) in [5.41, 5.74) is 2.36. The summed E-state index contributed by atoms with van der Waals surface area (Å²) in [4.78, 5) is 0. The summed E-state index contributed by atoms with van der Waals surface area (Å²) in [6, 6.07) is 3.69. The van der Waals surface area contributed by atoms with Crippen molar-refractivity contribution < 1.29 is 18.3 Å². The van der Waals surface area contributed by atoms with E-state index in [4.69, 9.17) is 4.74 Å². The molecule has 1 aliphatic heterocycles. The Balaban J connectivity index is 1.92. The molecule has 0 spiro atoms. The van der Waals surface area contributed by atoms with Crippen LogP contribution < -0.4 is 14.8 Å². The minimum atomic E-state index is -3.66. The van der Waals surface area contributed by atoms with Crippen molar-refractivity contribution in [2.24, 2.45) is 14.1 Å². The largest absolute Gasteiger partial charge is 0.496 e. The number of nitrogens with zero attached hydrogens (tertiary/aromatic N) is 4. The standard InChI is InChI=1S/C19H26N6O4S/c1-24-14(11-26)16(17-15(29-3)5-4-12-10-21-25(2)18(12)17)19(22-24)23-30(27,28)13-6-8-20-9-7-13/h4-5,10,13,20,26H,6-9,11H2,1-3H3,(H,22,23). The lowest BCUT2D eigenvalue weighted by Crippen LogP contribution is -2.38. The molecule has 30 heavy (non-hydrogen) atoms. The summed E-state index contributed by atoms with van der Waals surface area (Å²) < 4.78 is 37.6. The molecule has 1 fully saturated rings. The number of nitrogens with one attached hydrogen (secondary N) is 2. The molecule has 0 bridgehead atoms. The van der Waals surface area contributed by atoms with Crippen LogP contribution in [0.15, 0.2) is 18.3 Å². The van der Waals surface area contributed by atoms with Gasteiger partial charge in [-0.25, -0.2) is 8.42 Å². The van der Waals surface area contributed by atoms with Crippen molar-refractivity contribution in [1.82, 2.24) is 24.9 Å². The summed E-state index contributed by atoms with van der Waals surface area (Å²) in [5, 5.41) is 22.3. The first-order chi connectivity index (χ1) is 14.4. The first kappa shape index (κ1) is 20.6. The van der Waals surface area contributed by atoms with Crippen LogP contribution in [-0.4, -0.2) is 58.5 Å². The summed E-state index contributed by atoms with van der Waals surface area (Å²) in [7, 11) is 1.37. The third-order valence-corrected chi connectivity index (χ3v) is 7.44. The van der Waals surface area contributed by atoms with Gasteiger partial charge in [0.15, 0.2) is 5.82 Å². The van der Waals surface area contributed by atoms with Gasteiger partial charge in [-0.15, -0.1) is 0 Å². The second-order valence-corrected chi connectivity index (χ2v) is 9.36. The monoisotopic (exact) mass is 434 g/mol. The van der Waals surface area contributed by atoms with E-state index in [1.807, 2.05) is 6.07 Å². The maximum absolute atomic E-state index is 13.1. The van der Waals surface area contributed by atoms with E-state index >= 15 is 0 Å². The highest BCUT2D eigenvalue weighted by Crippen LogP contribution is 2.42. The van der Waals surface area contributed by atoms with Crippen molar-refractivity contribution in [2.45, 2.75) is 24.7 Å². The highest BCUT2D eigenvalue weighted by atomic mass is 32.2. The molecule has 0 radical (unpaired) electrons. The zero-order chi connectivity index (χ0) is 21.5. The van der Waals surface area contributed by atoms with Crippen LogP contribution in [0, 0.1) is 0 Å². The van der Waals surface area contributed by atoms with Crippen LogP contribution in [-0.2, 0) is 30.7 Å². The fraction of sp³-hybridized carbons (Fsp3) is 0.474. The van der Waals surface area contributed by atoms with E-state index in [0.717, 1.165) is 10.9 Å². The molecule has 1 aromatic carbocycles. The van der Waals surface area contributed by atoms with Gasteiger partial charge in [0.05, 0.1) is 47.5 Å². The van der Waals surface area contributed by atoms with Crippen molar-refractivity contribution >= 4 is 26.7 Å². The quantitative estimate of drug-likeness (QED) is 0.528. The number of aromatic nitrogens is 4. The third-order valence-electron chi connectivity index (χ3n) is 5.61. The highest BCUT2D eigenvalue weighted by molar-refractivity contribution is 7.93. The van der Waals surface area contributed by atoms with Gasteiger partial charge in [0.2, 0.25) is 10.0 Å². The number of sulfonamides is 1. The van der Waals surface area contributed by atoms with Crippen LogP contribution in [0.2, 0.25) is 0 Å². The van der Waals surface area contributed by atoms with E-state index < -0.39 is 15.3 Å². The normalized spacial score (nSPS) is 15.6. The number of aryl methyl sites for hydroxylation is 2. The zero-order valence-corrected chi connectivity index (χ0v) is 18.0.